The summed E-state index contributed by atoms with van der Waals surface area (Å²) in [7, 11) is 0. The number of morpholine rings is 1. The third-order valence-corrected chi connectivity index (χ3v) is 3.26. The maximum atomic E-state index is 11.1. The van der Waals surface area contributed by atoms with Crippen LogP contribution in [-0.2, 0) is 9.53 Å². The lowest BCUT2D eigenvalue weighted by molar-refractivity contribution is -0.120. The van der Waals surface area contributed by atoms with Crippen LogP contribution >= 0.6 is 12.2 Å². The van der Waals surface area contributed by atoms with E-state index in [1.807, 2.05) is 24.3 Å². The fraction of sp³-hybridized carbons (Fsp3) is 0.357. The number of nitrogens with zero attached hydrogens (tertiary/aromatic N) is 2. The molecule has 0 bridgehead atoms. The molecule has 3 N–H and O–H groups in total. The average molecular weight is 319 g/mol. The zero-order chi connectivity index (χ0) is 15.8. The van der Waals surface area contributed by atoms with E-state index in [9.17, 15) is 4.79 Å². The van der Waals surface area contributed by atoms with Crippen LogP contribution in [-0.4, -0.2) is 37.3 Å². The number of anilines is 2. The summed E-state index contributed by atoms with van der Waals surface area (Å²) < 4.78 is 5.33. The number of rotatable bonds is 3. The first-order valence-corrected chi connectivity index (χ1v) is 7.25. The van der Waals surface area contributed by atoms with E-state index in [0.29, 0.717) is 0 Å². The highest BCUT2D eigenvalue weighted by Gasteiger charge is 2.10. The Morgan fingerprint density at radius 1 is 1.27 bits per heavy atom. The molecular weight excluding hydrogens is 302 g/mol. The summed E-state index contributed by atoms with van der Waals surface area (Å²) >= 11 is 5.05. The molecule has 1 aromatic rings. The Bertz CT molecular complexity index is 564. The van der Waals surface area contributed by atoms with E-state index < -0.39 is 5.91 Å². The minimum Gasteiger partial charge on any atom is -0.378 e. The third kappa shape index (κ3) is 4.87. The number of carbonyl (C=O) groups excluding carboxylic acids is 1. The number of nitriles is 1. The number of thiocarbonyl (C=S) groups is 1. The first-order valence-electron chi connectivity index (χ1n) is 6.84. The SMILES string of the molecule is N#CCC(=O)NNC(=S)Nc1ccc(N2CCOCC2)cc1. The quantitative estimate of drug-likeness (QED) is 0.560. The van der Waals surface area contributed by atoms with Gasteiger partial charge in [0.25, 0.3) is 5.91 Å². The largest absolute Gasteiger partial charge is 0.378 e. The van der Waals surface area contributed by atoms with Gasteiger partial charge in [-0.05, 0) is 36.5 Å². The first kappa shape index (κ1) is 16.0. The van der Waals surface area contributed by atoms with Gasteiger partial charge in [0.1, 0.15) is 6.42 Å². The number of hydrazine groups is 1. The molecule has 8 heteroatoms. The van der Waals surface area contributed by atoms with E-state index in [0.717, 1.165) is 37.7 Å². The first-order chi connectivity index (χ1) is 10.7. The van der Waals surface area contributed by atoms with Crippen molar-refractivity contribution in [2.45, 2.75) is 6.42 Å². The van der Waals surface area contributed by atoms with Gasteiger partial charge in [0.05, 0.1) is 19.3 Å². The molecule has 1 saturated heterocycles. The van der Waals surface area contributed by atoms with Crippen LogP contribution in [0.5, 0.6) is 0 Å². The van der Waals surface area contributed by atoms with Gasteiger partial charge in [-0.2, -0.15) is 5.26 Å². The van der Waals surface area contributed by atoms with Crippen LogP contribution in [0.15, 0.2) is 24.3 Å². The highest BCUT2D eigenvalue weighted by Crippen LogP contribution is 2.18. The van der Waals surface area contributed by atoms with Crippen LogP contribution in [0.1, 0.15) is 6.42 Å². The zero-order valence-corrected chi connectivity index (χ0v) is 12.8. The van der Waals surface area contributed by atoms with Gasteiger partial charge in [-0.15, -0.1) is 0 Å². The van der Waals surface area contributed by atoms with Crippen molar-refractivity contribution < 1.29 is 9.53 Å². The number of benzene rings is 1. The van der Waals surface area contributed by atoms with Crippen molar-refractivity contribution in [2.24, 2.45) is 0 Å². The maximum absolute atomic E-state index is 11.1. The summed E-state index contributed by atoms with van der Waals surface area (Å²) in [5, 5.41) is 11.6. The molecule has 1 fully saturated rings. The van der Waals surface area contributed by atoms with Gasteiger partial charge >= 0.3 is 0 Å². The van der Waals surface area contributed by atoms with E-state index >= 15 is 0 Å². The normalized spacial score (nSPS) is 13.9. The summed E-state index contributed by atoms with van der Waals surface area (Å²) in [6.07, 6.45) is -0.218. The molecule has 7 nitrogen and oxygen atoms in total. The summed E-state index contributed by atoms with van der Waals surface area (Å²) in [6, 6.07) is 9.58. The second-order valence-electron chi connectivity index (χ2n) is 4.61. The van der Waals surface area contributed by atoms with Crippen molar-refractivity contribution in [3.05, 3.63) is 24.3 Å². The average Bonchev–Trinajstić information content (AvgIpc) is 2.55. The molecule has 0 atom stereocenters. The highest BCUT2D eigenvalue weighted by atomic mass is 32.1. The predicted octanol–water partition coefficient (Wildman–Crippen LogP) is 0.754. The molecule has 0 aromatic heterocycles. The molecule has 0 saturated carbocycles. The molecule has 1 aromatic carbocycles. The lowest BCUT2D eigenvalue weighted by atomic mass is 10.2. The lowest BCUT2D eigenvalue weighted by Gasteiger charge is -2.28. The van der Waals surface area contributed by atoms with Crippen LogP contribution in [0.3, 0.4) is 0 Å². The molecule has 1 amide bonds. The number of hydrogen-bond donors (Lipinski definition) is 3. The van der Waals surface area contributed by atoms with E-state index in [-0.39, 0.29) is 11.5 Å². The van der Waals surface area contributed by atoms with Crippen molar-refractivity contribution in [1.82, 2.24) is 10.9 Å². The monoisotopic (exact) mass is 319 g/mol. The fourth-order valence-electron chi connectivity index (χ4n) is 1.98. The minimum absolute atomic E-state index is 0.218. The Morgan fingerprint density at radius 2 is 1.95 bits per heavy atom. The van der Waals surface area contributed by atoms with E-state index in [2.05, 4.69) is 21.1 Å². The summed E-state index contributed by atoms with van der Waals surface area (Å²) in [5.74, 6) is -0.436. The molecule has 116 valence electrons. The van der Waals surface area contributed by atoms with Crippen molar-refractivity contribution >= 4 is 34.6 Å². The number of carbonyl (C=O) groups is 1. The molecule has 22 heavy (non-hydrogen) atoms. The van der Waals surface area contributed by atoms with E-state index in [4.69, 9.17) is 22.2 Å². The maximum Gasteiger partial charge on any atom is 0.252 e. The van der Waals surface area contributed by atoms with E-state index in [1.165, 1.54) is 0 Å². The van der Waals surface area contributed by atoms with Crippen molar-refractivity contribution in [3.8, 4) is 6.07 Å². The molecule has 1 aliphatic rings. The van der Waals surface area contributed by atoms with Crippen molar-refractivity contribution in [1.29, 1.82) is 5.26 Å². The van der Waals surface area contributed by atoms with Crippen LogP contribution in [0.4, 0.5) is 11.4 Å². The lowest BCUT2D eigenvalue weighted by Crippen LogP contribution is -2.43. The fourth-order valence-corrected chi connectivity index (χ4v) is 2.15. The van der Waals surface area contributed by atoms with Crippen molar-refractivity contribution in [3.63, 3.8) is 0 Å². The Labute approximate surface area is 134 Å². The Morgan fingerprint density at radius 3 is 2.59 bits per heavy atom. The Kier molecular flexibility index (Phi) is 5.94. The van der Waals surface area contributed by atoms with Gasteiger partial charge in [0, 0.05) is 24.5 Å². The van der Waals surface area contributed by atoms with Crippen LogP contribution in [0, 0.1) is 11.3 Å². The number of nitrogens with one attached hydrogen (secondary N) is 3. The molecule has 1 heterocycles. The number of amides is 1. The molecule has 0 spiro atoms. The summed E-state index contributed by atoms with van der Waals surface area (Å²) in [6.45, 7) is 3.27. The summed E-state index contributed by atoms with van der Waals surface area (Å²) in [4.78, 5) is 13.4. The highest BCUT2D eigenvalue weighted by molar-refractivity contribution is 7.80. The predicted molar refractivity (Wildman–Crippen MR) is 87.2 cm³/mol. The van der Waals surface area contributed by atoms with E-state index in [1.54, 1.807) is 6.07 Å². The minimum atomic E-state index is -0.436. The molecule has 2 rings (SSSR count). The molecule has 0 radical (unpaired) electrons. The second-order valence-corrected chi connectivity index (χ2v) is 5.02. The van der Waals surface area contributed by atoms with Gasteiger partial charge in [-0.3, -0.25) is 15.6 Å². The smallest absolute Gasteiger partial charge is 0.252 e. The van der Waals surface area contributed by atoms with Gasteiger partial charge in [-0.1, -0.05) is 0 Å². The third-order valence-electron chi connectivity index (χ3n) is 3.06. The molecule has 0 aliphatic carbocycles. The standard InChI is InChI=1S/C14H17N5O2S/c15-6-5-13(20)17-18-14(22)16-11-1-3-12(4-2-11)19-7-9-21-10-8-19/h1-4H,5,7-10H2,(H,17,20)(H2,16,18,22). The summed E-state index contributed by atoms with van der Waals surface area (Å²) in [5.41, 5.74) is 6.81. The molecule has 1 aliphatic heterocycles. The second kappa shape index (κ2) is 8.17. The molecular formula is C14H17N5O2S. The number of hydrogen-bond acceptors (Lipinski definition) is 5. The van der Waals surface area contributed by atoms with Gasteiger partial charge in [-0.25, -0.2) is 0 Å². The van der Waals surface area contributed by atoms with Crippen LogP contribution in [0.2, 0.25) is 0 Å². The van der Waals surface area contributed by atoms with Gasteiger partial charge in [0.2, 0.25) is 0 Å². The van der Waals surface area contributed by atoms with Crippen molar-refractivity contribution in [2.75, 3.05) is 36.5 Å². The van der Waals surface area contributed by atoms with Gasteiger partial charge < -0.3 is 15.0 Å². The Balaban J connectivity index is 1.81. The topological polar surface area (TPSA) is 89.4 Å². The van der Waals surface area contributed by atoms with Crippen LogP contribution in [0.25, 0.3) is 0 Å². The van der Waals surface area contributed by atoms with Crippen LogP contribution < -0.4 is 21.1 Å². The zero-order valence-electron chi connectivity index (χ0n) is 12.0. The van der Waals surface area contributed by atoms with Gasteiger partial charge in [0.15, 0.2) is 5.11 Å². The molecule has 0 unspecified atom stereocenters. The number of ether oxygens (including phenoxy) is 1. The Hall–Kier alpha value is -2.37.